The molecular weight excluding hydrogens is 431 g/mol. The Morgan fingerprint density at radius 3 is 2.61 bits per heavy atom. The highest BCUT2D eigenvalue weighted by Gasteiger charge is 2.26. The molecule has 3 aromatic rings. The number of hydrogen-bond acceptors (Lipinski definition) is 7. The van der Waals surface area contributed by atoms with Crippen molar-refractivity contribution in [2.45, 2.75) is 18.9 Å². The van der Waals surface area contributed by atoms with Gasteiger partial charge in [-0.25, -0.2) is 4.39 Å². The molecule has 1 saturated carbocycles. The highest BCUT2D eigenvalue weighted by atomic mass is 19.1. The summed E-state index contributed by atoms with van der Waals surface area (Å²) in [5.74, 6) is -1.54. The van der Waals surface area contributed by atoms with Crippen molar-refractivity contribution < 1.29 is 28.2 Å². The lowest BCUT2D eigenvalue weighted by atomic mass is 10.1. The molecule has 0 spiro atoms. The van der Waals surface area contributed by atoms with Crippen LogP contribution in [0.3, 0.4) is 0 Å². The highest BCUT2D eigenvalue weighted by molar-refractivity contribution is 6.01. The fourth-order valence-corrected chi connectivity index (χ4v) is 3.23. The molecule has 0 radical (unpaired) electrons. The van der Waals surface area contributed by atoms with Crippen molar-refractivity contribution in [2.24, 2.45) is 5.73 Å². The Balaban J connectivity index is 1.67. The second-order valence-corrected chi connectivity index (χ2v) is 7.57. The van der Waals surface area contributed by atoms with Crippen molar-refractivity contribution >= 4 is 28.4 Å². The average Bonchev–Trinajstić information content (AvgIpc) is 3.60. The number of nitrogen functional groups attached to an aromatic ring is 1. The lowest BCUT2D eigenvalue weighted by Gasteiger charge is -2.15. The van der Waals surface area contributed by atoms with Crippen molar-refractivity contribution in [2.75, 3.05) is 26.1 Å². The minimum atomic E-state index is -0.865. The van der Waals surface area contributed by atoms with Crippen LogP contribution in [0.4, 0.5) is 10.1 Å². The number of primary amides is 1. The zero-order valence-corrected chi connectivity index (χ0v) is 17.9. The van der Waals surface area contributed by atoms with Crippen molar-refractivity contribution in [3.05, 3.63) is 53.5 Å². The van der Waals surface area contributed by atoms with Crippen LogP contribution in [-0.2, 0) is 4.74 Å². The minimum absolute atomic E-state index is 0.0176. The van der Waals surface area contributed by atoms with Crippen molar-refractivity contribution in [1.82, 2.24) is 10.3 Å². The van der Waals surface area contributed by atoms with E-state index in [0.29, 0.717) is 17.5 Å². The van der Waals surface area contributed by atoms with Gasteiger partial charge in [0.1, 0.15) is 23.8 Å². The molecule has 1 fully saturated rings. The third kappa shape index (κ3) is 4.80. The molecule has 1 aliphatic rings. The highest BCUT2D eigenvalue weighted by Crippen LogP contribution is 2.36. The number of methoxy groups -OCH3 is 1. The maximum atomic E-state index is 14.8. The monoisotopic (exact) mass is 454 g/mol. The Labute approximate surface area is 188 Å². The molecule has 0 atom stereocenters. The second kappa shape index (κ2) is 9.29. The Morgan fingerprint density at radius 1 is 1.12 bits per heavy atom. The van der Waals surface area contributed by atoms with Crippen molar-refractivity contribution in [3.63, 3.8) is 0 Å². The third-order valence-corrected chi connectivity index (χ3v) is 5.13. The van der Waals surface area contributed by atoms with Gasteiger partial charge in [-0.15, -0.1) is 0 Å². The van der Waals surface area contributed by atoms with Gasteiger partial charge in [-0.3, -0.25) is 14.6 Å². The van der Waals surface area contributed by atoms with Crippen LogP contribution in [0, 0.1) is 5.82 Å². The van der Waals surface area contributed by atoms with Crippen molar-refractivity contribution in [1.29, 1.82) is 0 Å². The van der Waals surface area contributed by atoms with Crippen LogP contribution >= 0.6 is 0 Å². The Bertz CT molecular complexity index is 1230. The van der Waals surface area contributed by atoms with Gasteiger partial charge < -0.3 is 31.0 Å². The minimum Gasteiger partial charge on any atom is -0.490 e. The molecule has 0 saturated heterocycles. The standard InChI is InChI=1S/C23H23FN4O5/c1-31-8-9-32-19-11-16-14(10-15(19)22(26)29)17(6-7-27-16)33-18-5-4-13(20(24)21(18)25)23(30)28-12-2-3-12/h4-7,10-12H,2-3,8-9,25H2,1H3,(H2,26,29)(H,28,30). The maximum Gasteiger partial charge on any atom is 0.254 e. The van der Waals surface area contributed by atoms with E-state index in [4.69, 9.17) is 25.7 Å². The molecule has 1 aromatic heterocycles. The molecule has 0 bridgehead atoms. The number of ether oxygens (including phenoxy) is 3. The number of nitrogens with one attached hydrogen (secondary N) is 1. The molecule has 172 valence electrons. The summed E-state index contributed by atoms with van der Waals surface area (Å²) < 4.78 is 31.2. The third-order valence-electron chi connectivity index (χ3n) is 5.13. The number of carbonyl (C=O) groups excluding carboxylic acids is 2. The van der Waals surface area contributed by atoms with E-state index < -0.39 is 17.6 Å². The molecule has 1 aliphatic carbocycles. The summed E-state index contributed by atoms with van der Waals surface area (Å²) in [6, 6.07) is 7.42. The zero-order chi connectivity index (χ0) is 23.5. The topological polar surface area (TPSA) is 139 Å². The first-order valence-electron chi connectivity index (χ1n) is 10.3. The number of fused-ring (bicyclic) bond motifs is 1. The van der Waals surface area contributed by atoms with Crippen LogP contribution in [-0.4, -0.2) is 43.2 Å². The van der Waals surface area contributed by atoms with Gasteiger partial charge in [0.15, 0.2) is 11.6 Å². The Kier molecular flexibility index (Phi) is 6.27. The fourth-order valence-electron chi connectivity index (χ4n) is 3.23. The number of carbonyl (C=O) groups is 2. The van der Waals surface area contributed by atoms with Crippen LogP contribution in [0.5, 0.6) is 17.2 Å². The van der Waals surface area contributed by atoms with E-state index in [9.17, 15) is 14.0 Å². The number of nitrogens with zero attached hydrogens (tertiary/aromatic N) is 1. The van der Waals surface area contributed by atoms with E-state index in [1.54, 1.807) is 12.1 Å². The number of hydrogen-bond donors (Lipinski definition) is 3. The summed E-state index contributed by atoms with van der Waals surface area (Å²) in [6.07, 6.45) is 3.25. The quantitative estimate of drug-likeness (QED) is 0.334. The summed E-state index contributed by atoms with van der Waals surface area (Å²) in [5, 5.41) is 3.17. The number of rotatable bonds is 9. The Morgan fingerprint density at radius 2 is 1.91 bits per heavy atom. The molecule has 9 nitrogen and oxygen atoms in total. The SMILES string of the molecule is COCCOc1cc2nccc(Oc3ccc(C(=O)NC4CC4)c(F)c3N)c2cc1C(N)=O. The van der Waals surface area contributed by atoms with Crippen LogP contribution < -0.4 is 26.3 Å². The Hall–Kier alpha value is -3.92. The number of pyridine rings is 1. The first-order chi connectivity index (χ1) is 15.9. The van der Waals surface area contributed by atoms with Crippen LogP contribution in [0.25, 0.3) is 10.9 Å². The van der Waals surface area contributed by atoms with Gasteiger partial charge in [-0.2, -0.15) is 0 Å². The normalized spacial score (nSPS) is 13.0. The van der Waals surface area contributed by atoms with Crippen molar-refractivity contribution in [3.8, 4) is 17.2 Å². The van der Waals surface area contributed by atoms with E-state index >= 15 is 0 Å². The van der Waals surface area contributed by atoms with Crippen LogP contribution in [0.15, 0.2) is 36.5 Å². The molecule has 4 rings (SSSR count). The number of anilines is 1. The summed E-state index contributed by atoms with van der Waals surface area (Å²) >= 11 is 0. The second-order valence-electron chi connectivity index (χ2n) is 7.57. The van der Waals surface area contributed by atoms with E-state index in [0.717, 1.165) is 12.8 Å². The molecule has 2 aromatic carbocycles. The zero-order valence-electron chi connectivity index (χ0n) is 17.9. The average molecular weight is 454 g/mol. The fraction of sp³-hybridized carbons (Fsp3) is 0.261. The molecule has 1 heterocycles. The number of amides is 2. The molecule has 5 N–H and O–H groups in total. The number of nitrogens with two attached hydrogens (primary N) is 2. The summed E-state index contributed by atoms with van der Waals surface area (Å²) in [6.45, 7) is 0.543. The van der Waals surface area contributed by atoms with Crippen LogP contribution in [0.2, 0.25) is 0 Å². The molecule has 0 unspecified atom stereocenters. The van der Waals surface area contributed by atoms with Gasteiger partial charge in [0.2, 0.25) is 0 Å². The van der Waals surface area contributed by atoms with Gasteiger partial charge >= 0.3 is 0 Å². The van der Waals surface area contributed by atoms with Gasteiger partial charge in [0, 0.05) is 30.8 Å². The largest absolute Gasteiger partial charge is 0.490 e. The van der Waals surface area contributed by atoms with Gasteiger partial charge in [0.05, 0.1) is 23.3 Å². The molecule has 10 heteroatoms. The number of aromatic nitrogens is 1. The van der Waals surface area contributed by atoms with Gasteiger partial charge in [0.25, 0.3) is 11.8 Å². The molecule has 2 amide bonds. The summed E-state index contributed by atoms with van der Waals surface area (Å²) in [7, 11) is 1.53. The molecule has 0 aliphatic heterocycles. The van der Waals surface area contributed by atoms with Gasteiger partial charge in [-0.05, 0) is 37.1 Å². The van der Waals surface area contributed by atoms with Crippen LogP contribution in [0.1, 0.15) is 33.6 Å². The molecular formula is C23H23FN4O5. The first kappa shape index (κ1) is 22.3. The summed E-state index contributed by atoms with van der Waals surface area (Å²) in [5.41, 5.74) is 11.6. The predicted octanol–water partition coefficient (Wildman–Crippen LogP) is 2.76. The lowest BCUT2D eigenvalue weighted by molar-refractivity contribution is 0.0945. The first-order valence-corrected chi connectivity index (χ1v) is 10.3. The number of benzene rings is 2. The maximum absolute atomic E-state index is 14.8. The molecule has 33 heavy (non-hydrogen) atoms. The lowest BCUT2D eigenvalue weighted by Crippen LogP contribution is -2.26. The van der Waals surface area contributed by atoms with Gasteiger partial charge in [-0.1, -0.05) is 0 Å². The van der Waals surface area contributed by atoms with E-state index in [1.165, 1.54) is 31.5 Å². The smallest absolute Gasteiger partial charge is 0.254 e. The van der Waals surface area contributed by atoms with E-state index in [2.05, 4.69) is 10.3 Å². The van der Waals surface area contributed by atoms with E-state index in [-0.39, 0.29) is 46.7 Å². The van der Waals surface area contributed by atoms with E-state index in [1.807, 2.05) is 0 Å². The number of halogens is 1. The predicted molar refractivity (Wildman–Crippen MR) is 119 cm³/mol. The summed E-state index contributed by atoms with van der Waals surface area (Å²) in [4.78, 5) is 28.5.